The Labute approximate surface area is 163 Å². The number of halogens is 4. The number of anilines is 3. The Bertz CT molecular complexity index is 980. The van der Waals surface area contributed by atoms with Gasteiger partial charge in [0, 0.05) is 6.20 Å². The van der Waals surface area contributed by atoms with E-state index < -0.39 is 11.7 Å². The van der Waals surface area contributed by atoms with E-state index in [1.807, 2.05) is 19.1 Å². The third kappa shape index (κ3) is 4.42. The van der Waals surface area contributed by atoms with E-state index in [-0.39, 0.29) is 28.2 Å². The normalized spacial score (nSPS) is 11.3. The van der Waals surface area contributed by atoms with Gasteiger partial charge in [-0.2, -0.15) is 18.2 Å². The zero-order valence-electron chi connectivity index (χ0n) is 14.6. The van der Waals surface area contributed by atoms with Gasteiger partial charge in [0.2, 0.25) is 5.88 Å². The number of nitrogens with two attached hydrogens (primary N) is 1. The van der Waals surface area contributed by atoms with Crippen molar-refractivity contribution in [3.63, 3.8) is 0 Å². The lowest BCUT2D eigenvalue weighted by Crippen LogP contribution is -2.08. The van der Waals surface area contributed by atoms with Gasteiger partial charge in [-0.05, 0) is 30.2 Å². The molecular weight excluding hydrogens is 395 g/mol. The number of rotatable bonds is 5. The van der Waals surface area contributed by atoms with E-state index in [4.69, 9.17) is 22.1 Å². The smallest absolute Gasteiger partial charge is 0.417 e. The first-order valence-electron chi connectivity index (χ1n) is 8.15. The Balaban J connectivity index is 1.83. The maximum absolute atomic E-state index is 12.7. The van der Waals surface area contributed by atoms with Gasteiger partial charge in [0.15, 0.2) is 5.82 Å². The van der Waals surface area contributed by atoms with Crippen molar-refractivity contribution in [1.82, 2.24) is 15.0 Å². The third-order valence-corrected chi connectivity index (χ3v) is 4.09. The quantitative estimate of drug-likeness (QED) is 0.600. The van der Waals surface area contributed by atoms with Crippen LogP contribution < -0.4 is 15.8 Å². The highest BCUT2D eigenvalue weighted by atomic mass is 35.5. The number of benzene rings is 1. The average molecular weight is 410 g/mol. The Morgan fingerprint density at radius 1 is 1.11 bits per heavy atom. The fourth-order valence-corrected chi connectivity index (χ4v) is 2.48. The van der Waals surface area contributed by atoms with Crippen molar-refractivity contribution in [3.05, 3.63) is 59.0 Å². The van der Waals surface area contributed by atoms with Crippen LogP contribution in [0.1, 0.15) is 18.1 Å². The summed E-state index contributed by atoms with van der Waals surface area (Å²) < 4.78 is 43.8. The standard InChI is InChI=1S/C18H15ClF3N5O/c1-2-10-3-5-12(6-4-10)28-17-14(23)16(25-9-26-17)27-15-13(19)7-11(8-24-15)18(20,21)22/h3-9H,2,23H2,1H3,(H,24,25,26,27). The maximum Gasteiger partial charge on any atom is 0.417 e. The molecule has 0 saturated heterocycles. The minimum Gasteiger partial charge on any atom is -0.437 e. The van der Waals surface area contributed by atoms with Crippen LogP contribution in [0.5, 0.6) is 11.6 Å². The molecule has 0 bridgehead atoms. The van der Waals surface area contributed by atoms with Gasteiger partial charge in [0.25, 0.3) is 0 Å². The number of nitrogens with one attached hydrogen (secondary N) is 1. The first-order valence-corrected chi connectivity index (χ1v) is 8.52. The summed E-state index contributed by atoms with van der Waals surface area (Å²) in [5.41, 5.74) is 6.26. The monoisotopic (exact) mass is 409 g/mol. The molecule has 2 heterocycles. The summed E-state index contributed by atoms with van der Waals surface area (Å²) in [6, 6.07) is 8.15. The second kappa shape index (κ2) is 7.89. The van der Waals surface area contributed by atoms with E-state index >= 15 is 0 Å². The fourth-order valence-electron chi connectivity index (χ4n) is 2.26. The Morgan fingerprint density at radius 2 is 1.82 bits per heavy atom. The van der Waals surface area contributed by atoms with Gasteiger partial charge in [-0.15, -0.1) is 0 Å². The number of pyridine rings is 1. The Hall–Kier alpha value is -3.07. The molecule has 0 saturated carbocycles. The summed E-state index contributed by atoms with van der Waals surface area (Å²) in [6.07, 6.45) is -1.78. The highest BCUT2D eigenvalue weighted by Crippen LogP contribution is 2.35. The number of alkyl halides is 3. The van der Waals surface area contributed by atoms with E-state index in [0.717, 1.165) is 18.1 Å². The van der Waals surface area contributed by atoms with Gasteiger partial charge < -0.3 is 15.8 Å². The second-order valence-electron chi connectivity index (χ2n) is 5.72. The van der Waals surface area contributed by atoms with Crippen molar-refractivity contribution in [2.24, 2.45) is 0 Å². The summed E-state index contributed by atoms with van der Waals surface area (Å²) in [5, 5.41) is 2.47. The maximum atomic E-state index is 12.7. The van der Waals surface area contributed by atoms with Gasteiger partial charge in [-0.3, -0.25) is 0 Å². The SMILES string of the molecule is CCc1ccc(Oc2ncnc(Nc3ncc(C(F)(F)F)cc3Cl)c2N)cc1. The van der Waals surface area contributed by atoms with Crippen LogP contribution in [0.2, 0.25) is 5.02 Å². The number of aromatic nitrogens is 3. The molecule has 6 nitrogen and oxygen atoms in total. The number of hydrogen-bond donors (Lipinski definition) is 2. The number of ether oxygens (including phenoxy) is 1. The molecule has 3 rings (SSSR count). The summed E-state index contributed by atoms with van der Waals surface area (Å²) in [5.74, 6) is 0.687. The molecule has 0 aliphatic carbocycles. The minimum absolute atomic E-state index is 0.0293. The van der Waals surface area contributed by atoms with E-state index in [1.54, 1.807) is 12.1 Å². The summed E-state index contributed by atoms with van der Waals surface area (Å²) in [4.78, 5) is 11.6. The van der Waals surface area contributed by atoms with Crippen molar-refractivity contribution < 1.29 is 17.9 Å². The number of nitrogen functional groups attached to an aromatic ring is 1. The first kappa shape index (κ1) is 19.7. The van der Waals surface area contributed by atoms with E-state index in [1.165, 1.54) is 6.33 Å². The van der Waals surface area contributed by atoms with Crippen LogP contribution in [0.15, 0.2) is 42.9 Å². The van der Waals surface area contributed by atoms with Crippen molar-refractivity contribution in [3.8, 4) is 11.6 Å². The third-order valence-electron chi connectivity index (χ3n) is 3.80. The van der Waals surface area contributed by atoms with Crippen LogP contribution in [0, 0.1) is 0 Å². The number of nitrogens with zero attached hydrogens (tertiary/aromatic N) is 3. The zero-order chi connectivity index (χ0) is 20.3. The average Bonchev–Trinajstić information content (AvgIpc) is 2.66. The zero-order valence-corrected chi connectivity index (χ0v) is 15.3. The van der Waals surface area contributed by atoms with E-state index in [9.17, 15) is 13.2 Å². The van der Waals surface area contributed by atoms with Gasteiger partial charge in [0.1, 0.15) is 23.6 Å². The fraction of sp³-hybridized carbons (Fsp3) is 0.167. The predicted octanol–water partition coefficient (Wildman–Crippen LogP) is 5.22. The molecular formula is C18H15ClF3N5O. The summed E-state index contributed by atoms with van der Waals surface area (Å²) in [6.45, 7) is 2.04. The van der Waals surface area contributed by atoms with Crippen LogP contribution in [0.4, 0.5) is 30.5 Å². The van der Waals surface area contributed by atoms with Gasteiger partial charge >= 0.3 is 6.18 Å². The molecule has 0 spiro atoms. The number of aryl methyl sites for hydroxylation is 1. The molecule has 0 aliphatic heterocycles. The van der Waals surface area contributed by atoms with Gasteiger partial charge in [-0.1, -0.05) is 30.7 Å². The Kier molecular flexibility index (Phi) is 5.55. The molecule has 10 heteroatoms. The largest absolute Gasteiger partial charge is 0.437 e. The molecule has 0 aliphatic rings. The second-order valence-corrected chi connectivity index (χ2v) is 6.13. The van der Waals surface area contributed by atoms with Crippen LogP contribution in [-0.2, 0) is 12.6 Å². The van der Waals surface area contributed by atoms with Crippen LogP contribution in [0.25, 0.3) is 0 Å². The summed E-state index contributed by atoms with van der Waals surface area (Å²) in [7, 11) is 0. The van der Waals surface area contributed by atoms with Crippen molar-refractivity contribution in [1.29, 1.82) is 0 Å². The van der Waals surface area contributed by atoms with Crippen molar-refractivity contribution >= 4 is 28.9 Å². The van der Waals surface area contributed by atoms with Crippen molar-refractivity contribution in [2.45, 2.75) is 19.5 Å². The van der Waals surface area contributed by atoms with E-state index in [0.29, 0.717) is 11.9 Å². The molecule has 3 aromatic rings. The molecule has 0 atom stereocenters. The number of hydrogen-bond acceptors (Lipinski definition) is 6. The van der Waals surface area contributed by atoms with Gasteiger partial charge in [-0.25, -0.2) is 9.97 Å². The highest BCUT2D eigenvalue weighted by Gasteiger charge is 2.31. The molecule has 0 amide bonds. The predicted molar refractivity (Wildman–Crippen MR) is 99.9 cm³/mol. The lowest BCUT2D eigenvalue weighted by Gasteiger charge is -2.13. The first-order chi connectivity index (χ1) is 13.3. The molecule has 0 radical (unpaired) electrons. The highest BCUT2D eigenvalue weighted by molar-refractivity contribution is 6.33. The van der Waals surface area contributed by atoms with Gasteiger partial charge in [0.05, 0.1) is 10.6 Å². The molecule has 0 fully saturated rings. The Morgan fingerprint density at radius 3 is 2.43 bits per heavy atom. The lowest BCUT2D eigenvalue weighted by atomic mass is 10.2. The van der Waals surface area contributed by atoms with E-state index in [2.05, 4.69) is 20.3 Å². The van der Waals surface area contributed by atoms with Crippen molar-refractivity contribution in [2.75, 3.05) is 11.1 Å². The topological polar surface area (TPSA) is 86.0 Å². The van der Waals surface area contributed by atoms with Crippen LogP contribution >= 0.6 is 11.6 Å². The molecule has 0 unspecified atom stereocenters. The molecule has 3 N–H and O–H groups in total. The lowest BCUT2D eigenvalue weighted by molar-refractivity contribution is -0.137. The minimum atomic E-state index is -4.54. The summed E-state index contributed by atoms with van der Waals surface area (Å²) >= 11 is 5.90. The molecule has 146 valence electrons. The van der Waals surface area contributed by atoms with Crippen LogP contribution in [0.3, 0.4) is 0 Å². The molecule has 28 heavy (non-hydrogen) atoms. The van der Waals surface area contributed by atoms with Crippen LogP contribution in [-0.4, -0.2) is 15.0 Å². The molecule has 2 aromatic heterocycles. The molecule has 1 aromatic carbocycles.